The van der Waals surface area contributed by atoms with Crippen molar-refractivity contribution in [3.05, 3.63) is 83.3 Å². The first-order valence-electron chi connectivity index (χ1n) is 9.13. The van der Waals surface area contributed by atoms with E-state index in [0.29, 0.717) is 23.9 Å². The van der Waals surface area contributed by atoms with Crippen molar-refractivity contribution in [2.45, 2.75) is 26.4 Å². The highest BCUT2D eigenvalue weighted by Crippen LogP contribution is 2.15. The van der Waals surface area contributed by atoms with E-state index in [0.717, 1.165) is 16.9 Å². The molecule has 0 aliphatic carbocycles. The molecule has 0 spiro atoms. The van der Waals surface area contributed by atoms with Crippen LogP contribution in [0.2, 0.25) is 0 Å². The fourth-order valence-electron chi connectivity index (χ4n) is 2.81. The van der Waals surface area contributed by atoms with Crippen molar-refractivity contribution < 1.29 is 9.53 Å². The minimum atomic E-state index is -0.227. The summed E-state index contributed by atoms with van der Waals surface area (Å²) in [7, 11) is 1.64. The van der Waals surface area contributed by atoms with Crippen LogP contribution in [0.5, 0.6) is 5.75 Å². The SMILES string of the molecule is COc1ccc(CNc2cc(C(=O)NC(C)c3ccccc3)nc(C)n2)cc1. The van der Waals surface area contributed by atoms with Crippen LogP contribution in [0.25, 0.3) is 0 Å². The number of aryl methyl sites for hydroxylation is 1. The van der Waals surface area contributed by atoms with E-state index < -0.39 is 0 Å². The normalized spacial score (nSPS) is 11.5. The summed E-state index contributed by atoms with van der Waals surface area (Å²) in [6, 6.07) is 19.2. The Kier molecular flexibility index (Phi) is 6.22. The Morgan fingerprint density at radius 2 is 1.79 bits per heavy atom. The molecule has 28 heavy (non-hydrogen) atoms. The van der Waals surface area contributed by atoms with Gasteiger partial charge in [0.2, 0.25) is 0 Å². The number of nitrogens with one attached hydrogen (secondary N) is 2. The Bertz CT molecular complexity index is 927. The molecule has 2 N–H and O–H groups in total. The highest BCUT2D eigenvalue weighted by molar-refractivity contribution is 5.93. The maximum atomic E-state index is 12.6. The second kappa shape index (κ2) is 8.99. The van der Waals surface area contributed by atoms with E-state index in [1.165, 1.54) is 0 Å². The van der Waals surface area contributed by atoms with Crippen LogP contribution in [-0.2, 0) is 6.54 Å². The number of ether oxygens (including phenoxy) is 1. The van der Waals surface area contributed by atoms with E-state index in [1.54, 1.807) is 20.1 Å². The zero-order valence-electron chi connectivity index (χ0n) is 16.3. The zero-order valence-corrected chi connectivity index (χ0v) is 16.3. The highest BCUT2D eigenvalue weighted by Gasteiger charge is 2.14. The minimum absolute atomic E-state index is 0.111. The van der Waals surface area contributed by atoms with Crippen LogP contribution < -0.4 is 15.4 Å². The van der Waals surface area contributed by atoms with Gasteiger partial charge in [0.1, 0.15) is 23.1 Å². The second-order valence-corrected chi connectivity index (χ2v) is 6.49. The van der Waals surface area contributed by atoms with E-state index in [-0.39, 0.29) is 11.9 Å². The Balaban J connectivity index is 1.67. The number of aromatic nitrogens is 2. The molecule has 0 aliphatic heterocycles. The molecule has 1 amide bonds. The van der Waals surface area contributed by atoms with Gasteiger partial charge in [-0.05, 0) is 37.1 Å². The molecule has 1 unspecified atom stereocenters. The summed E-state index contributed by atoms with van der Waals surface area (Å²) in [5, 5.41) is 6.23. The summed E-state index contributed by atoms with van der Waals surface area (Å²) in [5.41, 5.74) is 2.47. The maximum Gasteiger partial charge on any atom is 0.270 e. The molecule has 3 aromatic rings. The predicted molar refractivity (Wildman–Crippen MR) is 109 cm³/mol. The monoisotopic (exact) mass is 376 g/mol. The third-order valence-corrected chi connectivity index (χ3v) is 4.35. The van der Waals surface area contributed by atoms with Crippen LogP contribution in [0.15, 0.2) is 60.7 Å². The fourth-order valence-corrected chi connectivity index (χ4v) is 2.81. The third-order valence-electron chi connectivity index (χ3n) is 4.35. The van der Waals surface area contributed by atoms with Crippen molar-refractivity contribution in [2.75, 3.05) is 12.4 Å². The Hall–Kier alpha value is -3.41. The third kappa shape index (κ3) is 5.07. The molecule has 0 aliphatic rings. The van der Waals surface area contributed by atoms with Crippen molar-refractivity contribution in [1.29, 1.82) is 0 Å². The molecule has 6 heteroatoms. The lowest BCUT2D eigenvalue weighted by Crippen LogP contribution is -2.27. The van der Waals surface area contributed by atoms with Crippen LogP contribution in [0.1, 0.15) is 40.4 Å². The van der Waals surface area contributed by atoms with E-state index >= 15 is 0 Å². The molecule has 0 saturated carbocycles. The lowest BCUT2D eigenvalue weighted by atomic mass is 10.1. The lowest BCUT2D eigenvalue weighted by molar-refractivity contribution is 0.0934. The Morgan fingerprint density at radius 3 is 2.46 bits per heavy atom. The molecule has 0 bridgehead atoms. The Labute approximate surface area is 165 Å². The van der Waals surface area contributed by atoms with Crippen LogP contribution in [0.4, 0.5) is 5.82 Å². The van der Waals surface area contributed by atoms with Crippen molar-refractivity contribution in [1.82, 2.24) is 15.3 Å². The average molecular weight is 376 g/mol. The second-order valence-electron chi connectivity index (χ2n) is 6.49. The number of carbonyl (C=O) groups excluding carboxylic acids is 1. The van der Waals surface area contributed by atoms with E-state index in [1.807, 2.05) is 61.5 Å². The summed E-state index contributed by atoms with van der Waals surface area (Å²) in [4.78, 5) is 21.3. The molecule has 6 nitrogen and oxygen atoms in total. The maximum absolute atomic E-state index is 12.6. The van der Waals surface area contributed by atoms with Crippen molar-refractivity contribution in [3.63, 3.8) is 0 Å². The number of hydrogen-bond acceptors (Lipinski definition) is 5. The van der Waals surface area contributed by atoms with Gasteiger partial charge < -0.3 is 15.4 Å². The van der Waals surface area contributed by atoms with Gasteiger partial charge in [0.25, 0.3) is 5.91 Å². The minimum Gasteiger partial charge on any atom is -0.497 e. The molecule has 0 saturated heterocycles. The summed E-state index contributed by atoms with van der Waals surface area (Å²) < 4.78 is 5.17. The lowest BCUT2D eigenvalue weighted by Gasteiger charge is -2.15. The van der Waals surface area contributed by atoms with Gasteiger partial charge in [-0.2, -0.15) is 0 Å². The van der Waals surface area contributed by atoms with Crippen molar-refractivity contribution in [2.24, 2.45) is 0 Å². The molecular weight excluding hydrogens is 352 g/mol. The van der Waals surface area contributed by atoms with Crippen LogP contribution in [0.3, 0.4) is 0 Å². The molecule has 0 radical (unpaired) electrons. The topological polar surface area (TPSA) is 76.1 Å². The number of rotatable bonds is 7. The molecule has 144 valence electrons. The Morgan fingerprint density at radius 1 is 1.07 bits per heavy atom. The molecule has 1 heterocycles. The van der Waals surface area contributed by atoms with Gasteiger partial charge >= 0.3 is 0 Å². The summed E-state index contributed by atoms with van der Waals surface area (Å²) in [6.07, 6.45) is 0. The smallest absolute Gasteiger partial charge is 0.270 e. The molecule has 0 fully saturated rings. The van der Waals surface area contributed by atoms with Gasteiger partial charge in [-0.3, -0.25) is 4.79 Å². The molecule has 2 aromatic carbocycles. The van der Waals surface area contributed by atoms with E-state index in [9.17, 15) is 4.79 Å². The first-order chi connectivity index (χ1) is 13.5. The molecule has 1 atom stereocenters. The number of anilines is 1. The number of amides is 1. The van der Waals surface area contributed by atoms with Gasteiger partial charge in [-0.25, -0.2) is 9.97 Å². The average Bonchev–Trinajstić information content (AvgIpc) is 2.72. The van der Waals surface area contributed by atoms with E-state index in [4.69, 9.17) is 4.74 Å². The summed E-state index contributed by atoms with van der Waals surface area (Å²) in [6.45, 7) is 4.31. The summed E-state index contributed by atoms with van der Waals surface area (Å²) in [5.74, 6) is 1.74. The number of hydrogen-bond donors (Lipinski definition) is 2. The highest BCUT2D eigenvalue weighted by atomic mass is 16.5. The van der Waals surface area contributed by atoms with Crippen LogP contribution in [-0.4, -0.2) is 23.0 Å². The largest absolute Gasteiger partial charge is 0.497 e. The van der Waals surface area contributed by atoms with Crippen LogP contribution >= 0.6 is 0 Å². The van der Waals surface area contributed by atoms with Gasteiger partial charge in [0, 0.05) is 12.6 Å². The fraction of sp³-hybridized carbons (Fsp3) is 0.227. The van der Waals surface area contributed by atoms with Crippen molar-refractivity contribution in [3.8, 4) is 5.75 Å². The number of methoxy groups -OCH3 is 1. The first kappa shape index (κ1) is 19.4. The predicted octanol–water partition coefficient (Wildman–Crippen LogP) is 3.90. The van der Waals surface area contributed by atoms with E-state index in [2.05, 4.69) is 20.6 Å². The molecule has 3 rings (SSSR count). The zero-order chi connectivity index (χ0) is 19.9. The quantitative estimate of drug-likeness (QED) is 0.654. The number of benzene rings is 2. The number of nitrogens with zero attached hydrogens (tertiary/aromatic N) is 2. The van der Waals surface area contributed by atoms with Gasteiger partial charge in [0.05, 0.1) is 13.2 Å². The summed E-state index contributed by atoms with van der Waals surface area (Å²) >= 11 is 0. The standard InChI is InChI=1S/C22H24N4O2/c1-15(18-7-5-4-6-8-18)24-22(27)20-13-21(26-16(2)25-20)23-14-17-9-11-19(28-3)12-10-17/h4-13,15H,14H2,1-3H3,(H,24,27)(H,23,25,26). The first-order valence-corrected chi connectivity index (χ1v) is 9.13. The number of carbonyl (C=O) groups is 1. The van der Waals surface area contributed by atoms with Crippen molar-refractivity contribution >= 4 is 11.7 Å². The van der Waals surface area contributed by atoms with Gasteiger partial charge in [-0.1, -0.05) is 42.5 Å². The van der Waals surface area contributed by atoms with Gasteiger partial charge in [-0.15, -0.1) is 0 Å². The van der Waals surface area contributed by atoms with Crippen LogP contribution in [0, 0.1) is 6.92 Å². The molecular formula is C22H24N4O2. The molecule has 1 aromatic heterocycles. The van der Waals surface area contributed by atoms with Gasteiger partial charge in [0.15, 0.2) is 0 Å².